The Bertz CT molecular complexity index is 237. The molecule has 2 fully saturated rings. The Labute approximate surface area is 98.2 Å². The van der Waals surface area contributed by atoms with E-state index in [0.717, 1.165) is 18.4 Å². The molecule has 3 atom stereocenters. The molecule has 0 bridgehead atoms. The van der Waals surface area contributed by atoms with Gasteiger partial charge in [0.05, 0.1) is 0 Å². The normalized spacial score (nSPS) is 35.3. The van der Waals surface area contributed by atoms with Crippen LogP contribution in [0.2, 0.25) is 0 Å². The number of hydrogen-bond acceptors (Lipinski definition) is 4. The molecule has 3 N–H and O–H groups in total. The highest BCUT2D eigenvalue weighted by Crippen LogP contribution is 2.32. The van der Waals surface area contributed by atoms with Gasteiger partial charge in [0.15, 0.2) is 0 Å². The van der Waals surface area contributed by atoms with Crippen molar-refractivity contribution in [1.82, 2.24) is 16.3 Å². The highest BCUT2D eigenvalue weighted by Gasteiger charge is 2.34. The van der Waals surface area contributed by atoms with E-state index in [4.69, 9.17) is 0 Å². The standard InChI is InChI=1S/C12H24N4/c1-9(2)7-13-15-12-11-6-4-3-5-10(11)8-14-16-12/h7,9-12,14-16H,3-6,8H2,1-2H3/b13-7+. The summed E-state index contributed by atoms with van der Waals surface area (Å²) in [6.07, 6.45) is 7.72. The first-order chi connectivity index (χ1) is 7.77. The number of rotatable bonds is 3. The second kappa shape index (κ2) is 5.64. The minimum absolute atomic E-state index is 0.300. The van der Waals surface area contributed by atoms with E-state index in [2.05, 4.69) is 35.2 Å². The molecule has 16 heavy (non-hydrogen) atoms. The summed E-state index contributed by atoms with van der Waals surface area (Å²) in [5.41, 5.74) is 9.85. The van der Waals surface area contributed by atoms with E-state index in [1.807, 2.05) is 6.21 Å². The lowest BCUT2D eigenvalue weighted by Crippen LogP contribution is -2.60. The van der Waals surface area contributed by atoms with Gasteiger partial charge in [-0.05, 0) is 30.6 Å². The van der Waals surface area contributed by atoms with Gasteiger partial charge in [-0.15, -0.1) is 0 Å². The van der Waals surface area contributed by atoms with Gasteiger partial charge in [-0.2, -0.15) is 5.10 Å². The van der Waals surface area contributed by atoms with Crippen LogP contribution < -0.4 is 16.3 Å². The van der Waals surface area contributed by atoms with Crippen molar-refractivity contribution in [1.29, 1.82) is 0 Å². The Morgan fingerprint density at radius 3 is 2.94 bits per heavy atom. The highest BCUT2D eigenvalue weighted by molar-refractivity contribution is 5.59. The van der Waals surface area contributed by atoms with Crippen LogP contribution in [0.25, 0.3) is 0 Å². The summed E-state index contributed by atoms with van der Waals surface area (Å²) in [7, 11) is 0. The molecule has 4 nitrogen and oxygen atoms in total. The van der Waals surface area contributed by atoms with Gasteiger partial charge >= 0.3 is 0 Å². The molecule has 0 aromatic heterocycles. The molecule has 0 aromatic rings. The van der Waals surface area contributed by atoms with Gasteiger partial charge in [0.1, 0.15) is 6.17 Å². The largest absolute Gasteiger partial charge is 0.292 e. The van der Waals surface area contributed by atoms with E-state index in [-0.39, 0.29) is 0 Å². The first kappa shape index (κ1) is 11.9. The fourth-order valence-electron chi connectivity index (χ4n) is 2.74. The topological polar surface area (TPSA) is 48.5 Å². The van der Waals surface area contributed by atoms with Gasteiger partial charge in [0.25, 0.3) is 0 Å². The average Bonchev–Trinajstić information content (AvgIpc) is 2.29. The first-order valence-corrected chi connectivity index (χ1v) is 6.54. The summed E-state index contributed by atoms with van der Waals surface area (Å²) in [6.45, 7) is 5.39. The lowest BCUT2D eigenvalue weighted by Gasteiger charge is -2.41. The first-order valence-electron chi connectivity index (χ1n) is 6.54. The van der Waals surface area contributed by atoms with Crippen molar-refractivity contribution in [3.8, 4) is 0 Å². The summed E-state index contributed by atoms with van der Waals surface area (Å²) in [6, 6.07) is 0. The minimum atomic E-state index is 0.300. The molecule has 2 aliphatic rings. The predicted molar refractivity (Wildman–Crippen MR) is 66.8 cm³/mol. The number of nitrogens with zero attached hydrogens (tertiary/aromatic N) is 1. The van der Waals surface area contributed by atoms with Gasteiger partial charge in [-0.25, -0.2) is 5.43 Å². The van der Waals surface area contributed by atoms with Gasteiger partial charge in [0.2, 0.25) is 0 Å². The van der Waals surface area contributed by atoms with E-state index in [1.165, 1.54) is 25.7 Å². The number of hydrogen-bond donors (Lipinski definition) is 3. The molecule has 1 saturated heterocycles. The summed E-state index contributed by atoms with van der Waals surface area (Å²) < 4.78 is 0. The van der Waals surface area contributed by atoms with Crippen molar-refractivity contribution in [2.75, 3.05) is 6.54 Å². The second-order valence-electron chi connectivity index (χ2n) is 5.36. The van der Waals surface area contributed by atoms with Crippen LogP contribution in [-0.2, 0) is 0 Å². The number of nitrogens with one attached hydrogen (secondary N) is 3. The molecule has 0 amide bonds. The van der Waals surface area contributed by atoms with Crippen LogP contribution in [0.4, 0.5) is 0 Å². The summed E-state index contributed by atoms with van der Waals surface area (Å²) in [5.74, 6) is 2.06. The van der Waals surface area contributed by atoms with Gasteiger partial charge in [-0.3, -0.25) is 10.9 Å². The lowest BCUT2D eigenvalue weighted by atomic mass is 9.77. The Kier molecular flexibility index (Phi) is 4.18. The van der Waals surface area contributed by atoms with Crippen molar-refractivity contribution < 1.29 is 0 Å². The van der Waals surface area contributed by atoms with Crippen molar-refractivity contribution in [3.05, 3.63) is 0 Å². The third-order valence-electron chi connectivity index (χ3n) is 3.60. The number of hydrazone groups is 1. The van der Waals surface area contributed by atoms with E-state index in [0.29, 0.717) is 12.1 Å². The van der Waals surface area contributed by atoms with Gasteiger partial charge in [0, 0.05) is 12.8 Å². The summed E-state index contributed by atoms with van der Waals surface area (Å²) >= 11 is 0. The number of fused-ring (bicyclic) bond motifs is 1. The molecule has 1 saturated carbocycles. The van der Waals surface area contributed by atoms with Crippen LogP contribution in [0.5, 0.6) is 0 Å². The summed E-state index contributed by atoms with van der Waals surface area (Å²) in [5, 5.41) is 4.31. The maximum Gasteiger partial charge on any atom is 0.109 e. The van der Waals surface area contributed by atoms with Gasteiger partial charge < -0.3 is 0 Å². The molecule has 92 valence electrons. The third kappa shape index (κ3) is 2.95. The molecule has 2 rings (SSSR count). The van der Waals surface area contributed by atoms with E-state index in [9.17, 15) is 0 Å². The Morgan fingerprint density at radius 2 is 2.12 bits per heavy atom. The predicted octanol–water partition coefficient (Wildman–Crippen LogP) is 1.46. The van der Waals surface area contributed by atoms with Crippen molar-refractivity contribution in [2.24, 2.45) is 22.9 Å². The molecule has 4 heteroatoms. The van der Waals surface area contributed by atoms with Crippen molar-refractivity contribution in [3.63, 3.8) is 0 Å². The molecule has 0 radical (unpaired) electrons. The Balaban J connectivity index is 1.87. The van der Waals surface area contributed by atoms with E-state index >= 15 is 0 Å². The van der Waals surface area contributed by atoms with Crippen LogP contribution in [0.3, 0.4) is 0 Å². The molecule has 0 spiro atoms. The molecule has 3 unspecified atom stereocenters. The highest BCUT2D eigenvalue weighted by atomic mass is 15.5. The molecular formula is C12H24N4. The Morgan fingerprint density at radius 1 is 1.31 bits per heavy atom. The zero-order valence-corrected chi connectivity index (χ0v) is 10.4. The van der Waals surface area contributed by atoms with Crippen LogP contribution in [-0.4, -0.2) is 18.9 Å². The molecule has 0 aromatic carbocycles. The maximum absolute atomic E-state index is 4.31. The van der Waals surface area contributed by atoms with Crippen LogP contribution in [0, 0.1) is 17.8 Å². The van der Waals surface area contributed by atoms with E-state index in [1.54, 1.807) is 0 Å². The average molecular weight is 224 g/mol. The minimum Gasteiger partial charge on any atom is -0.292 e. The SMILES string of the molecule is CC(C)/C=N/NC1NNCC2CCCCC21. The van der Waals surface area contributed by atoms with Crippen LogP contribution in [0.15, 0.2) is 5.10 Å². The number of hydrazine groups is 1. The third-order valence-corrected chi connectivity index (χ3v) is 3.60. The van der Waals surface area contributed by atoms with Crippen molar-refractivity contribution in [2.45, 2.75) is 45.7 Å². The zero-order valence-electron chi connectivity index (χ0n) is 10.4. The van der Waals surface area contributed by atoms with Gasteiger partial charge in [-0.1, -0.05) is 26.7 Å². The van der Waals surface area contributed by atoms with Crippen LogP contribution >= 0.6 is 0 Å². The molecular weight excluding hydrogens is 200 g/mol. The molecule has 1 aliphatic heterocycles. The Hall–Kier alpha value is -0.610. The second-order valence-corrected chi connectivity index (χ2v) is 5.36. The van der Waals surface area contributed by atoms with Crippen molar-refractivity contribution >= 4 is 6.21 Å². The zero-order chi connectivity index (χ0) is 11.4. The lowest BCUT2D eigenvalue weighted by molar-refractivity contribution is 0.0996. The molecule has 1 heterocycles. The maximum atomic E-state index is 4.31. The fraction of sp³-hybridized carbons (Fsp3) is 0.917. The van der Waals surface area contributed by atoms with E-state index < -0.39 is 0 Å². The summed E-state index contributed by atoms with van der Waals surface area (Å²) in [4.78, 5) is 0. The molecule has 1 aliphatic carbocycles. The smallest absolute Gasteiger partial charge is 0.109 e. The quantitative estimate of drug-likeness (QED) is 0.502. The van der Waals surface area contributed by atoms with Crippen LogP contribution in [0.1, 0.15) is 39.5 Å². The monoisotopic (exact) mass is 224 g/mol. The fourth-order valence-corrected chi connectivity index (χ4v) is 2.74.